The van der Waals surface area contributed by atoms with E-state index in [4.69, 9.17) is 9.97 Å². The smallest absolute Gasteiger partial charge is 0.219 e. The first-order chi connectivity index (χ1) is 18.4. The zero-order valence-electron chi connectivity index (χ0n) is 22.1. The summed E-state index contributed by atoms with van der Waals surface area (Å²) in [6.07, 6.45) is 5.91. The molecule has 6 rings (SSSR count). The minimum Gasteiger partial charge on any atom is -0.368 e. The van der Waals surface area contributed by atoms with Gasteiger partial charge < -0.3 is 9.80 Å². The van der Waals surface area contributed by atoms with Crippen LogP contribution in [0.2, 0.25) is 0 Å². The maximum absolute atomic E-state index is 11.8. The Kier molecular flexibility index (Phi) is 5.95. The number of aromatic nitrogens is 3. The van der Waals surface area contributed by atoms with Crippen LogP contribution in [0.15, 0.2) is 79.6 Å². The summed E-state index contributed by atoms with van der Waals surface area (Å²) in [7, 11) is 0. The first-order valence-electron chi connectivity index (χ1n) is 13.0. The minimum absolute atomic E-state index is 0.152. The van der Waals surface area contributed by atoms with E-state index in [-0.39, 0.29) is 11.9 Å². The Hall–Kier alpha value is -4.45. The van der Waals surface area contributed by atoms with Crippen LogP contribution in [-0.4, -0.2) is 50.9 Å². The van der Waals surface area contributed by atoms with Crippen LogP contribution in [0, 0.1) is 6.92 Å². The number of aryl methyl sites for hydroxylation is 1. The Bertz CT molecular complexity index is 1680. The molecule has 0 bridgehead atoms. The Labute approximate surface area is 222 Å². The van der Waals surface area contributed by atoms with E-state index in [1.165, 1.54) is 5.69 Å². The molecule has 1 atom stereocenters. The fourth-order valence-corrected chi connectivity index (χ4v) is 5.60. The lowest BCUT2D eigenvalue weighted by atomic mass is 10.0. The standard InChI is InChI=1S/C32H31N5O/c1-5-24-6-11-30-28(17-24)29(16-21(2)34-30)31-19-33-32-18-26(12-13-37(31)32)25-7-9-27(10-8-25)35-14-15-36(23(4)38)22(3)20-35/h5-13,16-19,22H,1,14-15,20H2,2-4H3/t22-/m0/s1. The highest BCUT2D eigenvalue weighted by molar-refractivity contribution is 5.95. The van der Waals surface area contributed by atoms with Crippen molar-refractivity contribution in [1.82, 2.24) is 19.3 Å². The molecule has 0 saturated carbocycles. The van der Waals surface area contributed by atoms with Crippen molar-refractivity contribution in [2.24, 2.45) is 0 Å². The molecule has 6 nitrogen and oxygen atoms in total. The van der Waals surface area contributed by atoms with Crippen molar-refractivity contribution in [2.75, 3.05) is 24.5 Å². The lowest BCUT2D eigenvalue weighted by Crippen LogP contribution is -2.53. The second-order valence-electron chi connectivity index (χ2n) is 10.1. The molecule has 0 unspecified atom stereocenters. The molecule has 1 saturated heterocycles. The van der Waals surface area contributed by atoms with E-state index in [2.05, 4.69) is 83.6 Å². The van der Waals surface area contributed by atoms with Gasteiger partial charge in [-0.1, -0.05) is 30.9 Å². The summed E-state index contributed by atoms with van der Waals surface area (Å²) in [6, 6.07) is 21.6. The van der Waals surface area contributed by atoms with E-state index in [9.17, 15) is 4.79 Å². The molecule has 0 N–H and O–H groups in total. The number of imidazole rings is 1. The summed E-state index contributed by atoms with van der Waals surface area (Å²) < 4.78 is 2.14. The van der Waals surface area contributed by atoms with Crippen LogP contribution in [0.1, 0.15) is 25.1 Å². The SMILES string of the molecule is C=Cc1ccc2nc(C)cc(-c3cnc4cc(-c5ccc(N6CCN(C(C)=O)[C@@H](C)C6)cc5)ccn34)c2c1. The number of hydrogen-bond donors (Lipinski definition) is 0. The van der Waals surface area contributed by atoms with Crippen molar-refractivity contribution in [3.8, 4) is 22.4 Å². The van der Waals surface area contributed by atoms with Crippen molar-refractivity contribution in [3.05, 3.63) is 90.9 Å². The predicted molar refractivity (Wildman–Crippen MR) is 155 cm³/mol. The summed E-state index contributed by atoms with van der Waals surface area (Å²) in [5, 5.41) is 1.09. The van der Waals surface area contributed by atoms with Crippen LogP contribution < -0.4 is 4.90 Å². The molecule has 0 aliphatic carbocycles. The Morgan fingerprint density at radius 3 is 2.58 bits per heavy atom. The highest BCUT2D eigenvalue weighted by Gasteiger charge is 2.25. The van der Waals surface area contributed by atoms with Gasteiger partial charge in [0.2, 0.25) is 5.91 Å². The van der Waals surface area contributed by atoms with Gasteiger partial charge >= 0.3 is 0 Å². The van der Waals surface area contributed by atoms with Gasteiger partial charge in [0.15, 0.2) is 0 Å². The average molecular weight is 502 g/mol. The monoisotopic (exact) mass is 501 g/mol. The third kappa shape index (κ3) is 4.22. The number of carbonyl (C=O) groups is 1. The van der Waals surface area contributed by atoms with Crippen LogP contribution in [0.3, 0.4) is 0 Å². The van der Waals surface area contributed by atoms with Crippen molar-refractivity contribution in [3.63, 3.8) is 0 Å². The number of amides is 1. The molecule has 1 aliphatic heterocycles. The maximum atomic E-state index is 11.8. The topological polar surface area (TPSA) is 53.7 Å². The lowest BCUT2D eigenvalue weighted by molar-refractivity contribution is -0.131. The Morgan fingerprint density at radius 1 is 1.03 bits per heavy atom. The average Bonchev–Trinajstić information content (AvgIpc) is 3.35. The molecule has 0 radical (unpaired) electrons. The molecule has 1 amide bonds. The first kappa shape index (κ1) is 23.9. The van der Waals surface area contributed by atoms with Gasteiger partial charge in [0, 0.05) is 61.1 Å². The summed E-state index contributed by atoms with van der Waals surface area (Å²) in [5.41, 5.74) is 9.52. The number of benzene rings is 2. The number of fused-ring (bicyclic) bond motifs is 2. The quantitative estimate of drug-likeness (QED) is 0.293. The van der Waals surface area contributed by atoms with Crippen LogP contribution in [0.4, 0.5) is 5.69 Å². The van der Waals surface area contributed by atoms with Gasteiger partial charge in [0.05, 0.1) is 17.4 Å². The third-order valence-electron chi connectivity index (χ3n) is 7.58. The van der Waals surface area contributed by atoms with Gasteiger partial charge in [0.25, 0.3) is 0 Å². The van der Waals surface area contributed by atoms with Gasteiger partial charge in [0.1, 0.15) is 5.65 Å². The van der Waals surface area contributed by atoms with E-state index in [1.807, 2.05) is 30.2 Å². The van der Waals surface area contributed by atoms with Crippen LogP contribution in [0.25, 0.3) is 45.0 Å². The molecule has 1 fully saturated rings. The fourth-order valence-electron chi connectivity index (χ4n) is 5.60. The number of nitrogens with zero attached hydrogens (tertiary/aromatic N) is 5. The largest absolute Gasteiger partial charge is 0.368 e. The number of anilines is 1. The molecular weight excluding hydrogens is 470 g/mol. The zero-order valence-corrected chi connectivity index (χ0v) is 22.1. The molecule has 5 aromatic rings. The lowest BCUT2D eigenvalue weighted by Gasteiger charge is -2.40. The van der Waals surface area contributed by atoms with Gasteiger partial charge in [-0.25, -0.2) is 4.98 Å². The van der Waals surface area contributed by atoms with Gasteiger partial charge in [-0.15, -0.1) is 0 Å². The number of pyridine rings is 2. The van der Waals surface area contributed by atoms with E-state index in [0.717, 1.165) is 69.8 Å². The summed E-state index contributed by atoms with van der Waals surface area (Å²) in [6.45, 7) is 12.2. The second-order valence-corrected chi connectivity index (χ2v) is 10.1. The third-order valence-corrected chi connectivity index (χ3v) is 7.58. The van der Waals surface area contributed by atoms with E-state index in [0.29, 0.717) is 0 Å². The Morgan fingerprint density at radius 2 is 1.84 bits per heavy atom. The molecule has 1 aliphatic rings. The fraction of sp³-hybridized carbons (Fsp3) is 0.219. The first-order valence-corrected chi connectivity index (χ1v) is 13.0. The zero-order chi connectivity index (χ0) is 26.4. The normalized spacial score (nSPS) is 15.8. The molecule has 0 spiro atoms. The van der Waals surface area contributed by atoms with Crippen molar-refractivity contribution < 1.29 is 4.79 Å². The predicted octanol–water partition coefficient (Wildman–Crippen LogP) is 6.22. The van der Waals surface area contributed by atoms with Gasteiger partial charge in [-0.3, -0.25) is 14.2 Å². The van der Waals surface area contributed by atoms with E-state index >= 15 is 0 Å². The maximum Gasteiger partial charge on any atom is 0.219 e. The van der Waals surface area contributed by atoms with Crippen LogP contribution >= 0.6 is 0 Å². The summed E-state index contributed by atoms with van der Waals surface area (Å²) >= 11 is 0. The molecule has 3 aromatic heterocycles. The highest BCUT2D eigenvalue weighted by Crippen LogP contribution is 2.32. The van der Waals surface area contributed by atoms with Crippen molar-refractivity contribution in [2.45, 2.75) is 26.8 Å². The van der Waals surface area contributed by atoms with Crippen molar-refractivity contribution in [1.29, 1.82) is 0 Å². The van der Waals surface area contributed by atoms with Crippen LogP contribution in [-0.2, 0) is 4.79 Å². The number of piperazine rings is 1. The number of hydrogen-bond acceptors (Lipinski definition) is 4. The van der Waals surface area contributed by atoms with Crippen molar-refractivity contribution >= 4 is 34.2 Å². The molecule has 38 heavy (non-hydrogen) atoms. The number of carbonyl (C=O) groups excluding carboxylic acids is 1. The molecular formula is C32H31N5O. The second kappa shape index (κ2) is 9.45. The van der Waals surface area contributed by atoms with E-state index < -0.39 is 0 Å². The highest BCUT2D eigenvalue weighted by atomic mass is 16.2. The van der Waals surface area contributed by atoms with Gasteiger partial charge in [-0.2, -0.15) is 0 Å². The van der Waals surface area contributed by atoms with E-state index in [1.54, 1.807) is 6.92 Å². The molecule has 190 valence electrons. The number of rotatable bonds is 4. The molecule has 2 aromatic carbocycles. The van der Waals surface area contributed by atoms with Crippen LogP contribution in [0.5, 0.6) is 0 Å². The Balaban J connectivity index is 1.30. The minimum atomic E-state index is 0.152. The van der Waals surface area contributed by atoms with Gasteiger partial charge in [-0.05, 0) is 73.0 Å². The summed E-state index contributed by atoms with van der Waals surface area (Å²) in [4.78, 5) is 25.6. The molecule has 6 heteroatoms. The molecule has 4 heterocycles. The summed E-state index contributed by atoms with van der Waals surface area (Å²) in [5.74, 6) is 0.152.